The fourth-order valence-electron chi connectivity index (χ4n) is 0.638. The highest BCUT2D eigenvalue weighted by Gasteiger charge is 2.31. The van der Waals surface area contributed by atoms with E-state index in [-0.39, 0.29) is 0 Å². The second-order valence-electron chi connectivity index (χ2n) is 2.17. The largest absolute Gasteiger partial charge is 0.289 e. The molecule has 0 radical (unpaired) electrons. The van der Waals surface area contributed by atoms with Gasteiger partial charge in [-0.3, -0.25) is 4.79 Å². The zero-order chi connectivity index (χ0) is 10.5. The molecule has 13 heavy (non-hydrogen) atoms. The van der Waals surface area contributed by atoms with Crippen molar-refractivity contribution < 1.29 is 4.79 Å². The molecule has 72 valence electrons. The Hall–Kier alpha value is -0.240. The summed E-state index contributed by atoms with van der Waals surface area (Å²) in [5, 5.41) is 0. The Morgan fingerprint density at radius 2 is 1.92 bits per heavy atom. The third-order valence-corrected chi connectivity index (χ3v) is 1.76. The fourth-order valence-corrected chi connectivity index (χ4v) is 0.966. The van der Waals surface area contributed by atoms with E-state index in [0.29, 0.717) is 5.57 Å². The van der Waals surface area contributed by atoms with Crippen LogP contribution in [-0.4, -0.2) is 9.58 Å². The van der Waals surface area contributed by atoms with E-state index in [1.54, 1.807) is 19.1 Å². The first-order chi connectivity index (χ1) is 5.93. The summed E-state index contributed by atoms with van der Waals surface area (Å²) in [6, 6.07) is 0. The number of halogens is 3. The van der Waals surface area contributed by atoms with Gasteiger partial charge in [0.2, 0.25) is 5.78 Å². The van der Waals surface area contributed by atoms with Crippen molar-refractivity contribution in [3.63, 3.8) is 0 Å². The highest BCUT2D eigenvalue weighted by atomic mass is 35.6. The number of alkyl halides is 3. The van der Waals surface area contributed by atoms with Gasteiger partial charge in [0.1, 0.15) is 0 Å². The standard InChI is InChI=1S/C9H9Cl3O/c1-3-5-6-7(4-2)8(13)9(10,11)12/h3-6H,1H2,2H3/b6-5-,7-4+. The molecule has 0 saturated heterocycles. The van der Waals surface area contributed by atoms with E-state index in [1.807, 2.05) is 0 Å². The summed E-state index contributed by atoms with van der Waals surface area (Å²) >= 11 is 16.3. The van der Waals surface area contributed by atoms with Crippen LogP contribution in [0.3, 0.4) is 0 Å². The molecule has 0 fully saturated rings. The van der Waals surface area contributed by atoms with Gasteiger partial charge in [0.05, 0.1) is 0 Å². The van der Waals surface area contributed by atoms with E-state index in [1.165, 1.54) is 12.2 Å². The summed E-state index contributed by atoms with van der Waals surface area (Å²) in [6.07, 6.45) is 6.25. The van der Waals surface area contributed by atoms with Crippen molar-refractivity contribution >= 4 is 40.6 Å². The predicted octanol–water partition coefficient (Wildman–Crippen LogP) is 3.61. The van der Waals surface area contributed by atoms with Gasteiger partial charge in [-0.15, -0.1) is 0 Å². The molecule has 0 saturated carbocycles. The van der Waals surface area contributed by atoms with Crippen LogP contribution < -0.4 is 0 Å². The molecular weight excluding hydrogens is 230 g/mol. The topological polar surface area (TPSA) is 17.1 Å². The van der Waals surface area contributed by atoms with Crippen LogP contribution in [-0.2, 0) is 4.79 Å². The van der Waals surface area contributed by atoms with E-state index >= 15 is 0 Å². The number of carbonyl (C=O) groups excluding carboxylic acids is 1. The number of ketones is 1. The minimum absolute atomic E-state index is 0.347. The van der Waals surface area contributed by atoms with Crippen molar-refractivity contribution in [3.05, 3.63) is 36.5 Å². The lowest BCUT2D eigenvalue weighted by Crippen LogP contribution is -2.19. The normalized spacial score (nSPS) is 13.4. The van der Waals surface area contributed by atoms with Crippen LogP contribution in [0, 0.1) is 0 Å². The quantitative estimate of drug-likeness (QED) is 0.418. The lowest BCUT2D eigenvalue weighted by Gasteiger charge is -2.09. The molecule has 0 aromatic carbocycles. The van der Waals surface area contributed by atoms with E-state index in [2.05, 4.69) is 6.58 Å². The van der Waals surface area contributed by atoms with Crippen LogP contribution >= 0.6 is 34.8 Å². The second kappa shape index (κ2) is 5.48. The van der Waals surface area contributed by atoms with E-state index in [4.69, 9.17) is 34.8 Å². The molecule has 0 bridgehead atoms. The minimum atomic E-state index is -1.90. The molecule has 0 spiro atoms. The molecule has 0 aromatic heterocycles. The fraction of sp³-hybridized carbons (Fsp3) is 0.222. The Kier molecular flexibility index (Phi) is 5.38. The van der Waals surface area contributed by atoms with Crippen molar-refractivity contribution in [1.29, 1.82) is 0 Å². The van der Waals surface area contributed by atoms with E-state index in [0.717, 1.165) is 0 Å². The van der Waals surface area contributed by atoms with Crippen LogP contribution in [0.2, 0.25) is 0 Å². The van der Waals surface area contributed by atoms with Gasteiger partial charge in [0, 0.05) is 5.57 Å². The predicted molar refractivity (Wildman–Crippen MR) is 58.4 cm³/mol. The molecule has 1 nitrogen and oxygen atoms in total. The lowest BCUT2D eigenvalue weighted by atomic mass is 10.1. The Labute approximate surface area is 92.7 Å². The first-order valence-electron chi connectivity index (χ1n) is 3.50. The number of rotatable bonds is 3. The van der Waals surface area contributed by atoms with Crippen molar-refractivity contribution in [1.82, 2.24) is 0 Å². The van der Waals surface area contributed by atoms with Crippen molar-refractivity contribution in [2.24, 2.45) is 0 Å². The minimum Gasteiger partial charge on any atom is -0.289 e. The number of allylic oxidation sites excluding steroid dienone is 5. The summed E-state index contributed by atoms with van der Waals surface area (Å²) in [4.78, 5) is 11.4. The maximum Gasteiger partial charge on any atom is 0.253 e. The Morgan fingerprint density at radius 1 is 1.38 bits per heavy atom. The lowest BCUT2D eigenvalue weighted by molar-refractivity contribution is -0.114. The van der Waals surface area contributed by atoms with E-state index < -0.39 is 9.58 Å². The highest BCUT2D eigenvalue weighted by Crippen LogP contribution is 2.30. The molecule has 0 aliphatic rings. The Morgan fingerprint density at radius 3 is 2.23 bits per heavy atom. The number of hydrogen-bond acceptors (Lipinski definition) is 1. The van der Waals surface area contributed by atoms with Crippen LogP contribution in [0.5, 0.6) is 0 Å². The number of Topliss-reactive ketones (excluding diaryl/α,β-unsaturated/α-hetero) is 1. The van der Waals surface area contributed by atoms with Gasteiger partial charge in [-0.1, -0.05) is 65.7 Å². The summed E-state index contributed by atoms with van der Waals surface area (Å²) in [7, 11) is 0. The molecule has 0 aliphatic carbocycles. The molecule has 0 N–H and O–H groups in total. The first kappa shape index (κ1) is 12.8. The molecule has 0 amide bonds. The van der Waals surface area contributed by atoms with Gasteiger partial charge in [-0.05, 0) is 6.92 Å². The van der Waals surface area contributed by atoms with Gasteiger partial charge >= 0.3 is 0 Å². The van der Waals surface area contributed by atoms with Gasteiger partial charge in [-0.2, -0.15) is 0 Å². The first-order valence-corrected chi connectivity index (χ1v) is 4.63. The molecule has 4 heteroatoms. The van der Waals surface area contributed by atoms with Crippen molar-refractivity contribution in [2.75, 3.05) is 0 Å². The summed E-state index contributed by atoms with van der Waals surface area (Å²) in [6.45, 7) is 5.16. The monoisotopic (exact) mass is 238 g/mol. The number of hydrogen-bond donors (Lipinski definition) is 0. The van der Waals surface area contributed by atoms with Crippen LogP contribution in [0.1, 0.15) is 6.92 Å². The average molecular weight is 240 g/mol. The zero-order valence-electron chi connectivity index (χ0n) is 7.06. The van der Waals surface area contributed by atoms with Crippen LogP contribution in [0.25, 0.3) is 0 Å². The molecule has 0 unspecified atom stereocenters. The van der Waals surface area contributed by atoms with Gasteiger partial charge in [-0.25, -0.2) is 0 Å². The molecule has 0 atom stereocenters. The molecule has 0 rings (SSSR count). The van der Waals surface area contributed by atoms with Crippen molar-refractivity contribution in [3.8, 4) is 0 Å². The van der Waals surface area contributed by atoms with Gasteiger partial charge in [0.25, 0.3) is 3.79 Å². The second-order valence-corrected chi connectivity index (χ2v) is 4.45. The zero-order valence-corrected chi connectivity index (χ0v) is 9.33. The Balaban J connectivity index is 4.73. The molecular formula is C9H9Cl3O. The highest BCUT2D eigenvalue weighted by molar-refractivity contribution is 6.77. The van der Waals surface area contributed by atoms with Gasteiger partial charge in [0.15, 0.2) is 0 Å². The Bertz CT molecular complexity index is 259. The summed E-state index contributed by atoms with van der Waals surface area (Å²) in [5.74, 6) is -0.543. The molecule has 0 aliphatic heterocycles. The third kappa shape index (κ3) is 4.51. The van der Waals surface area contributed by atoms with Gasteiger partial charge < -0.3 is 0 Å². The molecule has 0 heterocycles. The SMILES string of the molecule is C=C/C=C\C(=C/C)C(=O)C(Cl)(Cl)Cl. The maximum absolute atomic E-state index is 11.4. The average Bonchev–Trinajstić information content (AvgIpc) is 2.04. The summed E-state index contributed by atoms with van der Waals surface area (Å²) < 4.78 is -1.90. The maximum atomic E-state index is 11.4. The van der Waals surface area contributed by atoms with Crippen molar-refractivity contribution in [2.45, 2.75) is 10.7 Å². The van der Waals surface area contributed by atoms with E-state index in [9.17, 15) is 4.79 Å². The third-order valence-electron chi connectivity index (χ3n) is 1.24. The van der Waals surface area contributed by atoms with Crippen LogP contribution in [0.15, 0.2) is 36.5 Å². The van der Waals surface area contributed by atoms with Crippen LogP contribution in [0.4, 0.5) is 0 Å². The number of carbonyl (C=O) groups is 1. The smallest absolute Gasteiger partial charge is 0.253 e. The molecule has 0 aromatic rings. The summed E-state index contributed by atoms with van der Waals surface area (Å²) in [5.41, 5.74) is 0.347.